The Morgan fingerprint density at radius 1 is 0.914 bits per heavy atom. The minimum atomic E-state index is -0.315. The Balaban J connectivity index is 1.57. The van der Waals surface area contributed by atoms with E-state index in [4.69, 9.17) is 9.47 Å². The molecule has 0 aliphatic heterocycles. The molecule has 0 aromatic heterocycles. The molecule has 1 aromatic carbocycles. The maximum absolute atomic E-state index is 11.0. The average molecular weight is 481 g/mol. The molecular weight excluding hydrogens is 432 g/mol. The minimum absolute atomic E-state index is 0.245. The van der Waals surface area contributed by atoms with Crippen LogP contribution in [-0.4, -0.2) is 24.8 Å². The van der Waals surface area contributed by atoms with Crippen molar-refractivity contribution in [2.24, 2.45) is 5.92 Å². The monoisotopic (exact) mass is 480 g/mol. The van der Waals surface area contributed by atoms with Crippen LogP contribution in [0, 0.1) is 5.92 Å². The summed E-state index contributed by atoms with van der Waals surface area (Å²) >= 11 is 0. The molecule has 194 valence electrons. The second-order valence-electron chi connectivity index (χ2n) is 10.1. The van der Waals surface area contributed by atoms with E-state index in [1.54, 1.807) is 0 Å². The van der Waals surface area contributed by atoms with Gasteiger partial charge in [0.25, 0.3) is 0 Å². The van der Waals surface area contributed by atoms with Crippen molar-refractivity contribution in [3.63, 3.8) is 0 Å². The molecule has 0 radical (unpaired) electrons. The quantitative estimate of drug-likeness (QED) is 0.0859. The zero-order valence-electron chi connectivity index (χ0n) is 22.3. The minimum Gasteiger partial charge on any atom is -0.463 e. The number of ether oxygens (including phenoxy) is 2. The van der Waals surface area contributed by atoms with E-state index in [2.05, 4.69) is 75.1 Å². The lowest BCUT2D eigenvalue weighted by Gasteiger charge is -2.33. The summed E-state index contributed by atoms with van der Waals surface area (Å²) in [6.07, 6.45) is 24.9. The lowest BCUT2D eigenvalue weighted by molar-refractivity contribution is -0.137. The van der Waals surface area contributed by atoms with E-state index in [9.17, 15) is 4.79 Å². The maximum atomic E-state index is 11.0. The first-order valence-electron chi connectivity index (χ1n) is 14.0. The van der Waals surface area contributed by atoms with E-state index in [1.807, 2.05) is 0 Å². The normalized spacial score (nSPS) is 20.0. The number of carbonyl (C=O) groups excluding carboxylic acids is 1. The topological polar surface area (TPSA) is 35.5 Å². The van der Waals surface area contributed by atoms with Gasteiger partial charge in [-0.3, -0.25) is 0 Å². The first-order chi connectivity index (χ1) is 17.1. The van der Waals surface area contributed by atoms with Crippen LogP contribution < -0.4 is 0 Å². The summed E-state index contributed by atoms with van der Waals surface area (Å²) in [6, 6.07) is 10.7. The van der Waals surface area contributed by atoms with Gasteiger partial charge in [-0.25, -0.2) is 4.79 Å². The predicted molar refractivity (Wildman–Crippen MR) is 148 cm³/mol. The highest BCUT2D eigenvalue weighted by Gasteiger charge is 2.29. The number of carbonyl (C=O) groups is 1. The zero-order chi connectivity index (χ0) is 25.2. The molecule has 0 N–H and O–H groups in total. The molecule has 35 heavy (non-hydrogen) atoms. The van der Waals surface area contributed by atoms with Gasteiger partial charge in [-0.15, -0.1) is 0 Å². The van der Waals surface area contributed by atoms with Crippen LogP contribution in [0.25, 0.3) is 0 Å². The predicted octanol–water partition coefficient (Wildman–Crippen LogP) is 8.72. The number of benzene rings is 1. The molecule has 0 saturated carbocycles. The number of allylic oxidation sites excluding steroid dienone is 2. The van der Waals surface area contributed by atoms with E-state index in [-0.39, 0.29) is 11.6 Å². The van der Waals surface area contributed by atoms with E-state index in [0.29, 0.717) is 18.4 Å². The van der Waals surface area contributed by atoms with Crippen LogP contribution in [0.5, 0.6) is 0 Å². The van der Waals surface area contributed by atoms with Crippen LogP contribution in [0.4, 0.5) is 0 Å². The van der Waals surface area contributed by atoms with Crippen molar-refractivity contribution in [2.75, 3.05) is 13.2 Å². The third-order valence-electron chi connectivity index (χ3n) is 7.04. The molecule has 0 amide bonds. The van der Waals surface area contributed by atoms with Crippen LogP contribution in [0.3, 0.4) is 0 Å². The molecule has 2 rings (SSSR count). The third-order valence-corrected chi connectivity index (χ3v) is 7.04. The fraction of sp³-hybridized carbons (Fsp3) is 0.594. The second kappa shape index (κ2) is 17.3. The Hall–Kier alpha value is -2.13. The van der Waals surface area contributed by atoms with Crippen LogP contribution in [0.15, 0.2) is 67.3 Å². The van der Waals surface area contributed by atoms with Gasteiger partial charge in [0.2, 0.25) is 0 Å². The third kappa shape index (κ3) is 11.9. The fourth-order valence-electron chi connectivity index (χ4n) is 4.64. The van der Waals surface area contributed by atoms with Gasteiger partial charge in [-0.05, 0) is 30.7 Å². The Kier molecular flexibility index (Phi) is 14.4. The summed E-state index contributed by atoms with van der Waals surface area (Å²) < 4.78 is 11.5. The average Bonchev–Trinajstić information content (AvgIpc) is 2.89. The molecule has 1 aliphatic rings. The largest absolute Gasteiger partial charge is 0.463 e. The van der Waals surface area contributed by atoms with Crippen LogP contribution in [-0.2, 0) is 14.3 Å². The molecular formula is C32H48O3. The number of hydrogen-bond acceptors (Lipinski definition) is 3. The summed E-state index contributed by atoms with van der Waals surface area (Å²) in [5.74, 6) is 0.670. The summed E-state index contributed by atoms with van der Waals surface area (Å²) in [5, 5.41) is 0. The smallest absolute Gasteiger partial charge is 0.330 e. The van der Waals surface area contributed by atoms with Gasteiger partial charge in [-0.2, -0.15) is 0 Å². The lowest BCUT2D eigenvalue weighted by atomic mass is 9.82. The number of unbranched alkanes of at least 4 members (excludes halogenated alkanes) is 9. The van der Waals surface area contributed by atoms with Crippen LogP contribution in [0.2, 0.25) is 0 Å². The van der Waals surface area contributed by atoms with Gasteiger partial charge >= 0.3 is 5.97 Å². The van der Waals surface area contributed by atoms with E-state index in [1.165, 1.54) is 63.0 Å². The molecule has 0 bridgehead atoms. The van der Waals surface area contributed by atoms with Crippen molar-refractivity contribution < 1.29 is 14.3 Å². The number of hydrogen-bond donors (Lipinski definition) is 0. The molecule has 1 atom stereocenters. The van der Waals surface area contributed by atoms with E-state index >= 15 is 0 Å². The zero-order valence-corrected chi connectivity index (χ0v) is 22.3. The van der Waals surface area contributed by atoms with Gasteiger partial charge in [0.15, 0.2) is 0 Å². The molecule has 1 aromatic rings. The van der Waals surface area contributed by atoms with Gasteiger partial charge in [0.05, 0.1) is 6.61 Å². The summed E-state index contributed by atoms with van der Waals surface area (Å²) in [6.45, 7) is 9.35. The first-order valence-corrected chi connectivity index (χ1v) is 14.0. The Morgan fingerprint density at radius 3 is 2.00 bits per heavy atom. The lowest BCUT2D eigenvalue weighted by Crippen LogP contribution is -2.32. The molecule has 3 heteroatoms. The molecule has 0 heterocycles. The van der Waals surface area contributed by atoms with Gasteiger partial charge in [-0.1, -0.05) is 133 Å². The molecule has 3 nitrogen and oxygen atoms in total. The molecule has 0 fully saturated rings. The van der Waals surface area contributed by atoms with Gasteiger partial charge in [0.1, 0.15) is 5.60 Å². The molecule has 0 saturated heterocycles. The van der Waals surface area contributed by atoms with Crippen molar-refractivity contribution in [3.05, 3.63) is 72.9 Å². The summed E-state index contributed by atoms with van der Waals surface area (Å²) in [4.78, 5) is 11.0. The number of rotatable bonds is 19. The van der Waals surface area contributed by atoms with Crippen molar-refractivity contribution in [1.29, 1.82) is 0 Å². The molecule has 1 aliphatic carbocycles. The Morgan fingerprint density at radius 2 is 1.46 bits per heavy atom. The van der Waals surface area contributed by atoms with E-state index < -0.39 is 0 Å². The Bertz CT molecular complexity index is 750. The van der Waals surface area contributed by atoms with Crippen molar-refractivity contribution in [1.82, 2.24) is 0 Å². The summed E-state index contributed by atoms with van der Waals surface area (Å²) in [5.41, 5.74) is 1.09. The Labute approximate surface area is 214 Å². The highest BCUT2D eigenvalue weighted by molar-refractivity contribution is 5.81. The second-order valence-corrected chi connectivity index (χ2v) is 10.1. The standard InChI is InChI=1S/C32H48O3/c1-4-28(3)27-32(23-21-30(22-24-32)29-19-15-14-16-20-29)35-26-18-13-11-9-7-6-8-10-12-17-25-34-31(33)5-2/h5,14-16,19-24,28,30H,2,4,6-13,17-18,25-27H2,1,3H3. The van der Waals surface area contributed by atoms with Gasteiger partial charge in [0, 0.05) is 18.6 Å². The maximum Gasteiger partial charge on any atom is 0.330 e. The van der Waals surface area contributed by atoms with Crippen molar-refractivity contribution in [2.45, 2.75) is 102 Å². The highest BCUT2D eigenvalue weighted by Crippen LogP contribution is 2.34. The van der Waals surface area contributed by atoms with Crippen LogP contribution >= 0.6 is 0 Å². The highest BCUT2D eigenvalue weighted by atomic mass is 16.5. The van der Waals surface area contributed by atoms with Crippen LogP contribution in [0.1, 0.15) is 102 Å². The molecule has 0 spiro atoms. The van der Waals surface area contributed by atoms with Gasteiger partial charge < -0.3 is 9.47 Å². The fourth-order valence-corrected chi connectivity index (χ4v) is 4.64. The van der Waals surface area contributed by atoms with Crippen molar-refractivity contribution in [3.8, 4) is 0 Å². The first kappa shape index (κ1) is 29.1. The molecule has 1 unspecified atom stereocenters. The summed E-state index contributed by atoms with van der Waals surface area (Å²) in [7, 11) is 0. The number of esters is 1. The van der Waals surface area contributed by atoms with Crippen molar-refractivity contribution >= 4 is 5.97 Å². The SMILES string of the molecule is C=CC(=O)OCCCCCCCCCCCCOC1(CC(C)CC)C=CC(c2ccccc2)C=C1. The van der Waals surface area contributed by atoms with E-state index in [0.717, 1.165) is 32.3 Å².